The Morgan fingerprint density at radius 2 is 0.713 bits per heavy atom. The van der Waals surface area contributed by atoms with Crippen LogP contribution in [0.4, 0.5) is 9.59 Å². The van der Waals surface area contributed by atoms with Gasteiger partial charge in [0.2, 0.25) is 0 Å². The lowest BCUT2D eigenvalue weighted by atomic mass is 9.95. The van der Waals surface area contributed by atoms with Gasteiger partial charge in [0.25, 0.3) is 0 Å². The molecule has 0 N–H and O–H groups in total. The van der Waals surface area contributed by atoms with Gasteiger partial charge in [0.1, 0.15) is 43.6 Å². The van der Waals surface area contributed by atoms with Gasteiger partial charge in [0.05, 0.1) is 97.7 Å². The molecule has 0 heterocycles. The Hall–Kier alpha value is -3.86. The highest BCUT2D eigenvalue weighted by atomic mass is 16.6. The molecule has 0 spiro atoms. The van der Waals surface area contributed by atoms with Crippen LogP contribution < -0.4 is 0 Å². The normalized spacial score (nSPS) is 12.7. The quantitative estimate of drug-likeness (QED) is 0.0313. The number of hydrogen-bond acceptors (Lipinski definition) is 19. The fourth-order valence-electron chi connectivity index (χ4n) is 8.79. The van der Waals surface area contributed by atoms with Crippen molar-refractivity contribution in [2.75, 3.05) is 139 Å². The lowest BCUT2D eigenvalue weighted by molar-refractivity contribution is -0.150. The fraction of sp³-hybridized carbons (Fsp3) is 0.909. The average Bonchev–Trinajstić information content (AvgIpc) is 3.65. The van der Waals surface area contributed by atoms with Gasteiger partial charge in [0, 0.05) is 26.9 Å². The maximum atomic E-state index is 13.0. The molecule has 21 heteroatoms. The lowest BCUT2D eigenvalue weighted by Gasteiger charge is -2.27. The zero-order valence-corrected chi connectivity index (χ0v) is 56.5. The van der Waals surface area contributed by atoms with Crippen molar-refractivity contribution in [1.29, 1.82) is 0 Å². The number of carbonyl (C=O) groups excluding carboxylic acids is 6. The van der Waals surface area contributed by atoms with Gasteiger partial charge in [-0.1, -0.05) is 118 Å². The van der Waals surface area contributed by atoms with Crippen LogP contribution in [-0.4, -0.2) is 202 Å². The third-order valence-electron chi connectivity index (χ3n) is 13.7. The molecule has 2 amide bonds. The first-order chi connectivity index (χ1) is 41.8. The molecule has 0 aliphatic rings. The first-order valence-corrected chi connectivity index (χ1v) is 33.4. The van der Waals surface area contributed by atoms with Crippen molar-refractivity contribution in [2.45, 2.75) is 241 Å². The van der Waals surface area contributed by atoms with Crippen molar-refractivity contribution >= 4 is 36.1 Å². The Bertz CT molecular complexity index is 1690. The molecule has 0 fully saturated rings. The van der Waals surface area contributed by atoms with Crippen LogP contribution in [-0.2, 0) is 80.8 Å². The number of rotatable bonds is 59. The molecular weight excluding hydrogens is 1120 g/mol. The number of amides is 2. The third kappa shape index (κ3) is 52.6. The molecule has 0 saturated carbocycles. The Morgan fingerprint density at radius 1 is 0.356 bits per heavy atom. The SMILES string of the molecule is CCCCCCC(CCCC)C(=O)OCCCCCCOCC(COCCOCCOCCOCCOC(=O)CN(CCOC(=O)CN(CCOC)C(=O)OC(C)(C)C)C(=O)OC(C)(C)C)OCCCCCCOC(=O)C(CCCC)CCCCCC. The smallest absolute Gasteiger partial charge is 0.410 e. The van der Waals surface area contributed by atoms with Crippen molar-refractivity contribution in [3.63, 3.8) is 0 Å². The Kier molecular flexibility index (Phi) is 53.7. The number of nitrogens with zero attached hydrogens (tertiary/aromatic N) is 2. The summed E-state index contributed by atoms with van der Waals surface area (Å²) < 4.78 is 73.1. The minimum Gasteiger partial charge on any atom is -0.465 e. The summed E-state index contributed by atoms with van der Waals surface area (Å²) in [7, 11) is 1.47. The molecule has 0 radical (unpaired) electrons. The van der Waals surface area contributed by atoms with Crippen LogP contribution in [0, 0.1) is 11.8 Å². The number of hydrogen-bond donors (Lipinski definition) is 0. The molecule has 512 valence electrons. The van der Waals surface area contributed by atoms with Crippen LogP contribution in [0.3, 0.4) is 0 Å². The molecule has 87 heavy (non-hydrogen) atoms. The van der Waals surface area contributed by atoms with Gasteiger partial charge in [-0.05, 0) is 106 Å². The molecule has 0 aromatic rings. The van der Waals surface area contributed by atoms with Crippen molar-refractivity contribution in [2.24, 2.45) is 11.8 Å². The largest absolute Gasteiger partial charge is 0.465 e. The molecule has 0 aliphatic carbocycles. The molecule has 0 aliphatic heterocycles. The number of ether oxygens (including phenoxy) is 13. The summed E-state index contributed by atoms with van der Waals surface area (Å²) in [6.07, 6.45) is 22.9. The van der Waals surface area contributed by atoms with E-state index in [1.54, 1.807) is 41.5 Å². The molecule has 0 aromatic heterocycles. The van der Waals surface area contributed by atoms with E-state index in [9.17, 15) is 28.8 Å². The predicted molar refractivity (Wildman–Crippen MR) is 336 cm³/mol. The second-order valence-electron chi connectivity index (χ2n) is 24.3. The summed E-state index contributed by atoms with van der Waals surface area (Å²) in [5.41, 5.74) is -1.64. The zero-order valence-electron chi connectivity index (χ0n) is 56.5. The van der Waals surface area contributed by atoms with Gasteiger partial charge in [-0.25, -0.2) is 9.59 Å². The predicted octanol–water partition coefficient (Wildman–Crippen LogP) is 12.4. The van der Waals surface area contributed by atoms with E-state index in [4.69, 9.17) is 61.6 Å². The van der Waals surface area contributed by atoms with Crippen LogP contribution >= 0.6 is 0 Å². The number of methoxy groups -OCH3 is 1. The minimum absolute atomic E-state index is 0.0161. The molecule has 3 atom stereocenters. The monoisotopic (exact) mass is 1250 g/mol. The van der Waals surface area contributed by atoms with E-state index >= 15 is 0 Å². The van der Waals surface area contributed by atoms with E-state index in [-0.39, 0.29) is 76.0 Å². The van der Waals surface area contributed by atoms with E-state index in [1.165, 1.54) is 45.6 Å². The lowest BCUT2D eigenvalue weighted by Crippen LogP contribution is -2.43. The van der Waals surface area contributed by atoms with Crippen LogP contribution in [0.1, 0.15) is 223 Å². The van der Waals surface area contributed by atoms with Gasteiger partial charge in [-0.3, -0.25) is 29.0 Å². The minimum atomic E-state index is -0.859. The number of unbranched alkanes of at least 4 members (excludes halogenated alkanes) is 14. The van der Waals surface area contributed by atoms with Crippen molar-refractivity contribution < 1.29 is 90.3 Å². The Balaban J connectivity index is 4.78. The summed E-state index contributed by atoms with van der Waals surface area (Å²) >= 11 is 0. The maximum Gasteiger partial charge on any atom is 0.410 e. The van der Waals surface area contributed by atoms with E-state index in [0.29, 0.717) is 72.7 Å². The van der Waals surface area contributed by atoms with Gasteiger partial charge >= 0.3 is 36.1 Å². The van der Waals surface area contributed by atoms with Crippen LogP contribution in [0.5, 0.6) is 0 Å². The molecule has 0 rings (SSSR count). The summed E-state index contributed by atoms with van der Waals surface area (Å²) in [5, 5.41) is 0. The molecule has 0 aromatic carbocycles. The Morgan fingerprint density at radius 3 is 1.14 bits per heavy atom. The van der Waals surface area contributed by atoms with E-state index in [0.717, 1.165) is 125 Å². The van der Waals surface area contributed by atoms with Crippen molar-refractivity contribution in [3.8, 4) is 0 Å². The highest BCUT2D eigenvalue weighted by Crippen LogP contribution is 2.21. The highest BCUT2D eigenvalue weighted by molar-refractivity contribution is 5.79. The molecule has 3 unspecified atom stereocenters. The van der Waals surface area contributed by atoms with Gasteiger partial charge in [-0.2, -0.15) is 0 Å². The molecule has 0 bridgehead atoms. The maximum absolute atomic E-state index is 13.0. The summed E-state index contributed by atoms with van der Waals surface area (Å²) in [6.45, 7) is 22.7. The second kappa shape index (κ2) is 56.1. The molecule has 0 saturated heterocycles. The van der Waals surface area contributed by atoms with Gasteiger partial charge < -0.3 is 61.6 Å². The van der Waals surface area contributed by atoms with E-state index in [2.05, 4.69) is 27.7 Å². The third-order valence-corrected chi connectivity index (χ3v) is 13.7. The number of carbonyl (C=O) groups is 6. The van der Waals surface area contributed by atoms with E-state index < -0.39 is 48.4 Å². The molecule has 21 nitrogen and oxygen atoms in total. The summed E-state index contributed by atoms with van der Waals surface area (Å²) in [5.74, 6) is -1.48. The number of esters is 4. The first-order valence-electron chi connectivity index (χ1n) is 33.4. The Labute approximate surface area is 525 Å². The topological polar surface area (TPSA) is 229 Å². The fourth-order valence-corrected chi connectivity index (χ4v) is 8.79. The average molecular weight is 1250 g/mol. The standard InChI is InChI=1S/C66H124N2O19/c1-12-16-20-26-34-56(32-18-14-3)61(71)84-40-30-23-22-28-38-79-54-58(81-39-29-24-25-31-41-85-62(72)57(33-19-15-4)35-27-21-17-13-2)55-80-49-48-77-45-44-76-46-47-78-50-51-83-60(70)53-68(64(74)87-66(8,9)10)37-43-82-59(69)52-67(36-42-75-11)63(73)86-65(5,6)7/h56-58H,12-55H2,1-11H3. The van der Waals surface area contributed by atoms with Crippen LogP contribution in [0.25, 0.3) is 0 Å². The zero-order chi connectivity index (χ0) is 64.7. The summed E-state index contributed by atoms with van der Waals surface area (Å²) in [6, 6.07) is 0. The second-order valence-corrected chi connectivity index (χ2v) is 24.3. The van der Waals surface area contributed by atoms with Crippen LogP contribution in [0.2, 0.25) is 0 Å². The first kappa shape index (κ1) is 83.1. The molecular formula is C66H124N2O19. The highest BCUT2D eigenvalue weighted by Gasteiger charge is 2.28. The van der Waals surface area contributed by atoms with Crippen molar-refractivity contribution in [1.82, 2.24) is 9.80 Å². The van der Waals surface area contributed by atoms with Crippen molar-refractivity contribution in [3.05, 3.63) is 0 Å². The van der Waals surface area contributed by atoms with Gasteiger partial charge in [0.15, 0.2) is 0 Å². The van der Waals surface area contributed by atoms with E-state index in [1.807, 2.05) is 0 Å². The van der Waals surface area contributed by atoms with Gasteiger partial charge in [-0.15, -0.1) is 0 Å². The summed E-state index contributed by atoms with van der Waals surface area (Å²) in [4.78, 5) is 79.0. The van der Waals surface area contributed by atoms with Crippen LogP contribution in [0.15, 0.2) is 0 Å².